The largest absolute Gasteiger partial charge is 0.466 e. The van der Waals surface area contributed by atoms with Crippen molar-refractivity contribution in [2.75, 3.05) is 141 Å². The number of piperazine rings is 2. The van der Waals surface area contributed by atoms with Crippen molar-refractivity contribution >= 4 is 70.9 Å². The fourth-order valence-electron chi connectivity index (χ4n) is 10.1. The highest BCUT2D eigenvalue weighted by molar-refractivity contribution is 6.32. The number of hydrogen-bond donors (Lipinski definition) is 4. The number of hydrogen-bond acceptors (Lipinski definition) is 22. The van der Waals surface area contributed by atoms with Crippen LogP contribution < -0.4 is 31.9 Å². The summed E-state index contributed by atoms with van der Waals surface area (Å²) in [5.74, 6) is -1.70. The van der Waals surface area contributed by atoms with Crippen LogP contribution in [0.5, 0.6) is 0 Å². The summed E-state index contributed by atoms with van der Waals surface area (Å²) in [5.41, 5.74) is 16.0. The molecule has 0 saturated carbocycles. The molecule has 2 atom stereocenters. The van der Waals surface area contributed by atoms with E-state index < -0.39 is 35.7 Å². The van der Waals surface area contributed by atoms with Crippen molar-refractivity contribution in [3.63, 3.8) is 0 Å². The van der Waals surface area contributed by atoms with Crippen LogP contribution in [0.4, 0.5) is 23.8 Å². The molecule has 27 heteroatoms. The number of nitrogens with two attached hydrogens (primary N) is 2. The average Bonchev–Trinajstić information content (AvgIpc) is 4.14. The number of rotatable bonds is 20. The van der Waals surface area contributed by atoms with Gasteiger partial charge in [-0.15, -0.1) is 10.2 Å². The quantitative estimate of drug-likeness (QED) is 0.0562. The minimum atomic E-state index is -0.775. The first-order valence-corrected chi connectivity index (χ1v) is 27.1. The fraction of sp³-hybridized carbons (Fsp3) is 0.481. The molecule has 0 bridgehead atoms. The lowest BCUT2D eigenvalue weighted by Crippen LogP contribution is -2.48. The predicted molar refractivity (Wildman–Crippen MR) is 305 cm³/mol. The Balaban J connectivity index is 0.000000258. The van der Waals surface area contributed by atoms with Gasteiger partial charge in [-0.2, -0.15) is 9.97 Å². The molecule has 6 heterocycles. The molecule has 0 radical (unpaired) electrons. The number of nitrogens with one attached hydrogen (secondary N) is 2. The van der Waals surface area contributed by atoms with E-state index in [1.807, 2.05) is 26.2 Å². The molecule has 440 valence electrons. The molecule has 4 aliphatic rings. The Morgan fingerprint density at radius 2 is 0.938 bits per heavy atom. The first-order chi connectivity index (χ1) is 38.5. The molecular weight excluding hydrogens is 1090 g/mol. The first-order valence-electron chi connectivity index (χ1n) is 26.3. The number of aromatic nitrogens is 6. The van der Waals surface area contributed by atoms with Gasteiger partial charge in [0.05, 0.1) is 99.4 Å². The van der Waals surface area contributed by atoms with Gasteiger partial charge in [-0.25, -0.2) is 28.5 Å². The minimum Gasteiger partial charge on any atom is -0.466 e. The lowest BCUT2D eigenvalue weighted by atomic mass is 9.80. The van der Waals surface area contributed by atoms with E-state index in [1.54, 1.807) is 73.5 Å². The lowest BCUT2D eigenvalue weighted by Gasteiger charge is -2.35. The van der Waals surface area contributed by atoms with Crippen molar-refractivity contribution < 1.29 is 53.1 Å². The van der Waals surface area contributed by atoms with Gasteiger partial charge in [-0.3, -0.25) is 9.80 Å². The Morgan fingerprint density at radius 1 is 0.580 bits per heavy atom. The number of dihydropyridines is 2. The molecule has 4 aliphatic heterocycles. The number of esters is 4. The zero-order valence-corrected chi connectivity index (χ0v) is 48.6. The van der Waals surface area contributed by atoms with Gasteiger partial charge < -0.3 is 65.8 Å². The van der Waals surface area contributed by atoms with Crippen molar-refractivity contribution in [2.24, 2.45) is 14.1 Å². The molecule has 4 aromatic rings. The lowest BCUT2D eigenvalue weighted by molar-refractivity contribution is -0.140. The third-order valence-corrected chi connectivity index (χ3v) is 14.6. The third-order valence-electron chi connectivity index (χ3n) is 13.9. The van der Waals surface area contributed by atoms with E-state index in [2.05, 4.69) is 50.4 Å². The van der Waals surface area contributed by atoms with E-state index in [9.17, 15) is 19.2 Å². The van der Waals surface area contributed by atoms with E-state index in [0.29, 0.717) is 81.4 Å². The molecule has 2 saturated heterocycles. The maximum absolute atomic E-state index is 13.3. The van der Waals surface area contributed by atoms with Crippen LogP contribution in [0.1, 0.15) is 50.7 Å². The van der Waals surface area contributed by atoms with Gasteiger partial charge in [0.25, 0.3) is 0 Å². The van der Waals surface area contributed by atoms with E-state index in [-0.39, 0.29) is 54.9 Å². The molecule has 2 unspecified atom stereocenters. The monoisotopic (exact) mass is 1160 g/mol. The summed E-state index contributed by atoms with van der Waals surface area (Å²) < 4.78 is 36.5. The Hall–Kier alpha value is -7.26. The fourth-order valence-corrected chi connectivity index (χ4v) is 10.6. The number of nitrogen functional groups attached to an aromatic ring is 2. The van der Waals surface area contributed by atoms with Gasteiger partial charge in [0.1, 0.15) is 0 Å². The van der Waals surface area contributed by atoms with E-state index >= 15 is 0 Å². The molecule has 0 aliphatic carbocycles. The van der Waals surface area contributed by atoms with Crippen LogP contribution in [0, 0.1) is 0 Å². The SMILES string of the molecule is CCOC(=O)C1=C(COCCN2CCN(c3nc(N)nn3C)CC2)NC(C)=C(C(=O)OC)C1c1ccccc1Cl.CCOC(=O)C1=C(COCCN2CCN(c3nc(N)nn3C)CC2)NC(C)=C(C(=O)OC)C1c1ccccc1Cl.O. The Kier molecular flexibility index (Phi) is 22.9. The van der Waals surface area contributed by atoms with Crippen LogP contribution >= 0.6 is 23.2 Å². The Bertz CT molecular complexity index is 2800. The van der Waals surface area contributed by atoms with Gasteiger partial charge in [0.15, 0.2) is 0 Å². The number of halogens is 2. The summed E-state index contributed by atoms with van der Waals surface area (Å²) >= 11 is 13.1. The molecule has 2 fully saturated rings. The van der Waals surface area contributed by atoms with Gasteiger partial charge in [0.2, 0.25) is 23.8 Å². The molecular formula is C54H74Cl2N14O11. The summed E-state index contributed by atoms with van der Waals surface area (Å²) in [7, 11) is 6.28. The van der Waals surface area contributed by atoms with E-state index in [4.69, 9.17) is 63.1 Å². The molecule has 0 amide bonds. The summed E-state index contributed by atoms with van der Waals surface area (Å²) in [6, 6.07) is 14.2. The minimum absolute atomic E-state index is 0. The third kappa shape index (κ3) is 15.2. The topological polar surface area (TPSA) is 306 Å². The number of carbonyl (C=O) groups excluding carboxylic acids is 4. The summed E-state index contributed by atoms with van der Waals surface area (Å²) in [6.07, 6.45) is 0. The van der Waals surface area contributed by atoms with Gasteiger partial charge in [-0.05, 0) is 51.0 Å². The summed E-state index contributed by atoms with van der Waals surface area (Å²) in [6.45, 7) is 16.5. The maximum Gasteiger partial charge on any atom is 0.336 e. The molecule has 2 aromatic heterocycles. The van der Waals surface area contributed by atoms with Crippen molar-refractivity contribution in [1.82, 2.24) is 50.0 Å². The van der Waals surface area contributed by atoms with E-state index in [1.165, 1.54) is 14.2 Å². The van der Waals surface area contributed by atoms with E-state index in [0.717, 1.165) is 64.3 Å². The molecule has 25 nitrogen and oxygen atoms in total. The molecule has 8 rings (SSSR count). The van der Waals surface area contributed by atoms with Crippen molar-refractivity contribution in [1.29, 1.82) is 0 Å². The average molecular weight is 1170 g/mol. The first kappa shape index (κ1) is 62.9. The summed E-state index contributed by atoms with van der Waals surface area (Å²) in [4.78, 5) is 69.9. The number of nitrogens with zero attached hydrogens (tertiary/aromatic N) is 10. The predicted octanol–water partition coefficient (Wildman–Crippen LogP) is 2.86. The smallest absolute Gasteiger partial charge is 0.336 e. The van der Waals surface area contributed by atoms with Crippen molar-refractivity contribution in [3.05, 3.63) is 115 Å². The van der Waals surface area contributed by atoms with Crippen LogP contribution in [0.15, 0.2) is 93.6 Å². The van der Waals surface area contributed by atoms with Crippen molar-refractivity contribution in [3.8, 4) is 0 Å². The second-order valence-corrected chi connectivity index (χ2v) is 19.8. The van der Waals surface area contributed by atoms with Gasteiger partial charge in [-0.1, -0.05) is 59.6 Å². The number of methoxy groups -OCH3 is 2. The molecule has 8 N–H and O–H groups in total. The van der Waals surface area contributed by atoms with Gasteiger partial charge >= 0.3 is 23.9 Å². The number of aryl methyl sites for hydroxylation is 2. The Labute approximate surface area is 481 Å². The molecule has 0 spiro atoms. The zero-order valence-electron chi connectivity index (χ0n) is 47.1. The highest BCUT2D eigenvalue weighted by Gasteiger charge is 2.41. The van der Waals surface area contributed by atoms with Crippen molar-refractivity contribution in [2.45, 2.75) is 39.5 Å². The van der Waals surface area contributed by atoms with Crippen LogP contribution in [0.25, 0.3) is 0 Å². The van der Waals surface area contributed by atoms with Crippen LogP contribution in [-0.2, 0) is 61.7 Å². The molecule has 2 aromatic carbocycles. The van der Waals surface area contributed by atoms with Crippen LogP contribution in [0.3, 0.4) is 0 Å². The normalized spacial score (nSPS) is 17.9. The number of carbonyl (C=O) groups is 4. The number of benzene rings is 2. The second-order valence-electron chi connectivity index (χ2n) is 19.0. The highest BCUT2D eigenvalue weighted by atomic mass is 35.5. The zero-order chi connectivity index (χ0) is 57.6. The number of ether oxygens (including phenoxy) is 6. The maximum atomic E-state index is 13.3. The van der Waals surface area contributed by atoms with Gasteiger partial charge in [0, 0.05) is 101 Å². The second kappa shape index (κ2) is 29.5. The highest BCUT2D eigenvalue weighted by Crippen LogP contribution is 2.43. The van der Waals surface area contributed by atoms with Crippen LogP contribution in [-0.4, -0.2) is 188 Å². The molecule has 81 heavy (non-hydrogen) atoms. The standard InChI is InChI=1S/2C27H36ClN7O5.H2O/c2*1-5-40-25(37)23-20(30-17(2)21(24(36)38-4)22(23)18-8-6-7-9-19(18)28)16-39-15-14-34-10-12-35(13-11-34)27-31-26(29)32-33(27)3;/h2*6-9,22,30H,5,10-16H2,1-4H3,(H2,29,32);1H2. The Morgan fingerprint density at radius 3 is 1.25 bits per heavy atom. The number of anilines is 4. The number of allylic oxidation sites excluding steroid dienone is 2. The van der Waals surface area contributed by atoms with Crippen LogP contribution in [0.2, 0.25) is 10.0 Å². The summed E-state index contributed by atoms with van der Waals surface area (Å²) in [5, 5.41) is 15.5.